The van der Waals surface area contributed by atoms with Gasteiger partial charge in [0.15, 0.2) is 0 Å². The topological polar surface area (TPSA) is 91.6 Å². The minimum Gasteiger partial charge on any atom is -0.497 e. The average Bonchev–Trinajstić information content (AvgIpc) is 2.85. The molecule has 0 unspecified atom stereocenters. The van der Waals surface area contributed by atoms with Gasteiger partial charge in [-0.3, -0.25) is 18.7 Å². The number of aromatic nitrogens is 2. The first-order chi connectivity index (χ1) is 16.4. The number of carbonyl (C=O) groups excluding carboxylic acids is 1. The number of fused-ring (bicyclic) bond motifs is 1. The van der Waals surface area contributed by atoms with Crippen LogP contribution in [0.5, 0.6) is 11.5 Å². The van der Waals surface area contributed by atoms with E-state index in [2.05, 4.69) is 5.32 Å². The third kappa shape index (κ3) is 4.56. The Morgan fingerprint density at radius 1 is 0.912 bits per heavy atom. The second-order valence-corrected chi connectivity index (χ2v) is 7.88. The minimum absolute atomic E-state index is 0.105. The van der Waals surface area contributed by atoms with Gasteiger partial charge in [-0.2, -0.15) is 0 Å². The molecule has 0 saturated carbocycles. The fourth-order valence-electron chi connectivity index (χ4n) is 3.78. The van der Waals surface area contributed by atoms with E-state index < -0.39 is 17.2 Å². The number of amides is 1. The van der Waals surface area contributed by atoms with Crippen molar-refractivity contribution in [1.29, 1.82) is 0 Å². The van der Waals surface area contributed by atoms with Crippen LogP contribution in [0.15, 0.2) is 76.3 Å². The lowest BCUT2D eigenvalue weighted by Crippen LogP contribution is -2.42. The van der Waals surface area contributed by atoms with Gasteiger partial charge in [0, 0.05) is 6.07 Å². The first-order valence-corrected chi connectivity index (χ1v) is 10.7. The number of methoxy groups -OCH3 is 2. The summed E-state index contributed by atoms with van der Waals surface area (Å²) in [6.45, 7) is 1.79. The molecular weight excluding hydrogens is 434 g/mol. The number of nitrogens with one attached hydrogen (secondary N) is 1. The van der Waals surface area contributed by atoms with Gasteiger partial charge in [-0.05, 0) is 36.8 Å². The smallest absolute Gasteiger partial charge is 0.332 e. The molecular formula is C26H25N3O5. The Bertz CT molecular complexity index is 1470. The molecule has 0 spiro atoms. The van der Waals surface area contributed by atoms with Gasteiger partial charge in [0.2, 0.25) is 5.91 Å². The molecule has 0 aliphatic heterocycles. The summed E-state index contributed by atoms with van der Waals surface area (Å²) < 4.78 is 13.0. The fraction of sp³-hybridized carbons (Fsp3) is 0.192. The predicted octanol–water partition coefficient (Wildman–Crippen LogP) is 3.18. The molecule has 0 radical (unpaired) electrons. The molecule has 0 aliphatic carbocycles. The molecule has 0 atom stereocenters. The van der Waals surface area contributed by atoms with Gasteiger partial charge in [0.05, 0.1) is 37.4 Å². The van der Waals surface area contributed by atoms with Crippen molar-refractivity contribution in [3.8, 4) is 11.5 Å². The number of aryl methyl sites for hydroxylation is 1. The van der Waals surface area contributed by atoms with E-state index in [0.29, 0.717) is 28.1 Å². The Morgan fingerprint density at radius 3 is 2.35 bits per heavy atom. The highest BCUT2D eigenvalue weighted by Crippen LogP contribution is 2.28. The van der Waals surface area contributed by atoms with Crippen LogP contribution in [0.2, 0.25) is 0 Å². The normalized spacial score (nSPS) is 10.8. The van der Waals surface area contributed by atoms with E-state index in [1.165, 1.54) is 18.8 Å². The molecule has 0 saturated heterocycles. The van der Waals surface area contributed by atoms with Crippen LogP contribution >= 0.6 is 0 Å². The maximum Gasteiger partial charge on any atom is 0.332 e. The van der Waals surface area contributed by atoms with Crippen molar-refractivity contribution < 1.29 is 14.3 Å². The van der Waals surface area contributed by atoms with E-state index in [0.717, 1.165) is 15.7 Å². The Balaban J connectivity index is 1.74. The first kappa shape index (κ1) is 22.8. The van der Waals surface area contributed by atoms with Gasteiger partial charge in [0.1, 0.15) is 18.0 Å². The second-order valence-electron chi connectivity index (χ2n) is 7.88. The first-order valence-electron chi connectivity index (χ1n) is 10.7. The molecule has 0 fully saturated rings. The number of hydrogen-bond acceptors (Lipinski definition) is 5. The van der Waals surface area contributed by atoms with Crippen molar-refractivity contribution in [2.24, 2.45) is 0 Å². The third-order valence-corrected chi connectivity index (χ3v) is 5.58. The van der Waals surface area contributed by atoms with Gasteiger partial charge < -0.3 is 14.8 Å². The maximum atomic E-state index is 13.4. The number of rotatable bonds is 7. The molecule has 1 amide bonds. The molecule has 1 heterocycles. The molecule has 8 nitrogen and oxygen atoms in total. The molecule has 3 aromatic carbocycles. The lowest BCUT2D eigenvalue weighted by Gasteiger charge is -2.15. The Labute approximate surface area is 196 Å². The van der Waals surface area contributed by atoms with Gasteiger partial charge in [-0.1, -0.05) is 42.0 Å². The maximum absolute atomic E-state index is 13.4. The SMILES string of the molecule is COc1ccc(OC)c(NC(=O)Cn2c(=O)n(Cc3ccc(C)cc3)c(=O)c3ccccc32)c1. The van der Waals surface area contributed by atoms with E-state index in [1.54, 1.807) is 42.5 Å². The number of anilines is 1. The molecule has 4 aromatic rings. The number of benzene rings is 3. The fourth-order valence-corrected chi connectivity index (χ4v) is 3.78. The van der Waals surface area contributed by atoms with Gasteiger partial charge in [-0.15, -0.1) is 0 Å². The van der Waals surface area contributed by atoms with Crippen LogP contribution in [0.1, 0.15) is 11.1 Å². The Morgan fingerprint density at radius 2 is 1.65 bits per heavy atom. The minimum atomic E-state index is -0.558. The van der Waals surface area contributed by atoms with E-state index in [-0.39, 0.29) is 13.1 Å². The molecule has 0 bridgehead atoms. The second kappa shape index (κ2) is 9.66. The summed E-state index contributed by atoms with van der Waals surface area (Å²) in [5.74, 6) is 0.556. The molecule has 8 heteroatoms. The largest absolute Gasteiger partial charge is 0.497 e. The Hall–Kier alpha value is -4.33. The van der Waals surface area contributed by atoms with Crippen LogP contribution in [-0.4, -0.2) is 29.3 Å². The molecule has 0 aliphatic rings. The van der Waals surface area contributed by atoms with Crippen molar-refractivity contribution in [3.05, 3.63) is 98.7 Å². The Kier molecular flexibility index (Phi) is 6.49. The van der Waals surface area contributed by atoms with Crippen molar-refractivity contribution >= 4 is 22.5 Å². The van der Waals surface area contributed by atoms with Gasteiger partial charge in [0.25, 0.3) is 5.56 Å². The number of nitrogens with zero attached hydrogens (tertiary/aromatic N) is 2. The van der Waals surface area contributed by atoms with Crippen molar-refractivity contribution in [2.75, 3.05) is 19.5 Å². The summed E-state index contributed by atoms with van der Waals surface area (Å²) in [6.07, 6.45) is 0. The van der Waals surface area contributed by atoms with E-state index >= 15 is 0 Å². The molecule has 4 rings (SSSR count). The van der Waals surface area contributed by atoms with Crippen LogP contribution in [0, 0.1) is 6.92 Å². The average molecular weight is 460 g/mol. The standard InChI is InChI=1S/C26H25N3O5/c1-17-8-10-18(11-9-17)15-29-25(31)20-6-4-5-7-22(20)28(26(29)32)16-24(30)27-21-14-19(33-2)12-13-23(21)34-3/h4-14H,15-16H2,1-3H3,(H,27,30). The summed E-state index contributed by atoms with van der Waals surface area (Å²) in [5, 5.41) is 3.14. The highest BCUT2D eigenvalue weighted by atomic mass is 16.5. The lowest BCUT2D eigenvalue weighted by atomic mass is 10.1. The highest BCUT2D eigenvalue weighted by molar-refractivity contribution is 5.93. The van der Waals surface area contributed by atoms with Gasteiger partial charge >= 0.3 is 5.69 Å². The number of ether oxygens (including phenoxy) is 2. The summed E-state index contributed by atoms with van der Waals surface area (Å²) in [5.41, 5.74) is 1.75. The number of carbonyl (C=O) groups is 1. The molecule has 1 N–H and O–H groups in total. The lowest BCUT2D eigenvalue weighted by molar-refractivity contribution is -0.116. The molecule has 34 heavy (non-hydrogen) atoms. The van der Waals surface area contributed by atoms with Crippen molar-refractivity contribution in [3.63, 3.8) is 0 Å². The zero-order chi connectivity index (χ0) is 24.2. The number of hydrogen-bond donors (Lipinski definition) is 1. The van der Waals surface area contributed by atoms with E-state index in [4.69, 9.17) is 9.47 Å². The van der Waals surface area contributed by atoms with E-state index in [9.17, 15) is 14.4 Å². The number of para-hydroxylation sites is 1. The van der Waals surface area contributed by atoms with Crippen molar-refractivity contribution in [2.45, 2.75) is 20.0 Å². The van der Waals surface area contributed by atoms with Crippen LogP contribution in [0.3, 0.4) is 0 Å². The van der Waals surface area contributed by atoms with Gasteiger partial charge in [-0.25, -0.2) is 4.79 Å². The van der Waals surface area contributed by atoms with Crippen molar-refractivity contribution in [1.82, 2.24) is 9.13 Å². The van der Waals surface area contributed by atoms with E-state index in [1.807, 2.05) is 31.2 Å². The summed E-state index contributed by atoms with van der Waals surface area (Å²) >= 11 is 0. The zero-order valence-electron chi connectivity index (χ0n) is 19.2. The highest BCUT2D eigenvalue weighted by Gasteiger charge is 2.17. The van der Waals surface area contributed by atoms with Crippen LogP contribution < -0.4 is 26.0 Å². The van der Waals surface area contributed by atoms with Crippen LogP contribution in [0.25, 0.3) is 10.9 Å². The molecule has 1 aromatic heterocycles. The predicted molar refractivity (Wildman–Crippen MR) is 131 cm³/mol. The summed E-state index contributed by atoms with van der Waals surface area (Å²) in [7, 11) is 3.02. The zero-order valence-corrected chi connectivity index (χ0v) is 19.2. The molecule has 174 valence electrons. The van der Waals surface area contributed by atoms with Crippen LogP contribution in [-0.2, 0) is 17.9 Å². The third-order valence-electron chi connectivity index (χ3n) is 5.58. The van der Waals surface area contributed by atoms with Crippen LogP contribution in [0.4, 0.5) is 5.69 Å². The summed E-state index contributed by atoms with van der Waals surface area (Å²) in [4.78, 5) is 39.5. The quantitative estimate of drug-likeness (QED) is 0.458. The monoisotopic (exact) mass is 459 g/mol. The summed E-state index contributed by atoms with van der Waals surface area (Å²) in [6, 6.07) is 19.4.